The van der Waals surface area contributed by atoms with Crippen molar-refractivity contribution in [3.05, 3.63) is 29.5 Å². The van der Waals surface area contributed by atoms with Gasteiger partial charge in [-0.25, -0.2) is 0 Å². The zero-order valence-electron chi connectivity index (χ0n) is 17.7. The Morgan fingerprint density at radius 3 is 2.38 bits per heavy atom. The largest absolute Gasteiger partial charge is 0.493 e. The van der Waals surface area contributed by atoms with E-state index in [2.05, 4.69) is 0 Å². The molecule has 0 spiro atoms. The van der Waals surface area contributed by atoms with Gasteiger partial charge in [-0.05, 0) is 38.0 Å². The molecule has 2 amide bonds. The summed E-state index contributed by atoms with van der Waals surface area (Å²) in [4.78, 5) is 29.1. The minimum atomic E-state index is -0.375. The molecule has 1 aliphatic rings. The standard InChI is InChI=1S/C21H30N2O6/c1-14(2)29-12-6-9-23-20(25)18(19(21(23)26)22(3)10-11-24)15-7-8-16(27-4)17(13-15)28-5/h7-8,13-14,24H,6,9-12H2,1-5H3. The highest BCUT2D eigenvalue weighted by Crippen LogP contribution is 2.36. The minimum Gasteiger partial charge on any atom is -0.493 e. The van der Waals surface area contributed by atoms with E-state index in [0.717, 1.165) is 0 Å². The molecule has 0 radical (unpaired) electrons. The number of benzene rings is 1. The molecule has 0 saturated heterocycles. The van der Waals surface area contributed by atoms with Crippen LogP contribution in [0.4, 0.5) is 0 Å². The highest BCUT2D eigenvalue weighted by atomic mass is 16.5. The van der Waals surface area contributed by atoms with E-state index in [1.165, 1.54) is 19.1 Å². The van der Waals surface area contributed by atoms with Crippen LogP contribution in [-0.4, -0.2) is 80.4 Å². The maximum absolute atomic E-state index is 13.2. The third kappa shape index (κ3) is 5.07. The van der Waals surface area contributed by atoms with Crippen LogP contribution in [0.1, 0.15) is 25.8 Å². The molecule has 1 aliphatic heterocycles. The third-order valence-corrected chi connectivity index (χ3v) is 4.61. The van der Waals surface area contributed by atoms with Gasteiger partial charge in [-0.3, -0.25) is 14.5 Å². The maximum Gasteiger partial charge on any atom is 0.277 e. The van der Waals surface area contributed by atoms with Gasteiger partial charge in [0.1, 0.15) is 5.70 Å². The Bertz CT molecular complexity index is 774. The number of carbonyl (C=O) groups excluding carboxylic acids is 2. The Hall–Kier alpha value is -2.58. The Kier molecular flexibility index (Phi) is 8.04. The second-order valence-corrected chi connectivity index (χ2v) is 6.97. The number of nitrogens with zero attached hydrogens (tertiary/aromatic N) is 2. The van der Waals surface area contributed by atoms with Gasteiger partial charge in [0.25, 0.3) is 11.8 Å². The summed E-state index contributed by atoms with van der Waals surface area (Å²) in [7, 11) is 4.72. The maximum atomic E-state index is 13.2. The van der Waals surface area contributed by atoms with Crippen LogP contribution in [0.2, 0.25) is 0 Å². The number of likely N-dealkylation sites (N-methyl/N-ethyl adjacent to an activating group) is 1. The van der Waals surface area contributed by atoms with Gasteiger partial charge in [0, 0.05) is 26.7 Å². The number of aliphatic hydroxyl groups excluding tert-OH is 1. The number of hydrogen-bond acceptors (Lipinski definition) is 7. The predicted molar refractivity (Wildman–Crippen MR) is 109 cm³/mol. The van der Waals surface area contributed by atoms with E-state index in [-0.39, 0.29) is 48.9 Å². The fourth-order valence-corrected chi connectivity index (χ4v) is 3.18. The first-order chi connectivity index (χ1) is 13.8. The molecular formula is C21H30N2O6. The average molecular weight is 406 g/mol. The second-order valence-electron chi connectivity index (χ2n) is 6.97. The van der Waals surface area contributed by atoms with Crippen LogP contribution in [0.5, 0.6) is 11.5 Å². The summed E-state index contributed by atoms with van der Waals surface area (Å²) in [6.07, 6.45) is 0.637. The van der Waals surface area contributed by atoms with Gasteiger partial charge in [0.2, 0.25) is 0 Å². The minimum absolute atomic E-state index is 0.0895. The third-order valence-electron chi connectivity index (χ3n) is 4.61. The lowest BCUT2D eigenvalue weighted by atomic mass is 10.0. The summed E-state index contributed by atoms with van der Waals surface area (Å²) in [5, 5.41) is 9.32. The zero-order valence-corrected chi connectivity index (χ0v) is 17.7. The van der Waals surface area contributed by atoms with Crippen LogP contribution in [0.25, 0.3) is 5.57 Å². The summed E-state index contributed by atoms with van der Waals surface area (Å²) in [6.45, 7) is 4.69. The molecule has 160 valence electrons. The van der Waals surface area contributed by atoms with E-state index in [1.807, 2.05) is 13.8 Å². The summed E-state index contributed by atoms with van der Waals surface area (Å²) in [5.41, 5.74) is 1.11. The molecule has 2 rings (SSSR count). The van der Waals surface area contributed by atoms with Crippen LogP contribution in [0.15, 0.2) is 23.9 Å². The molecule has 0 unspecified atom stereocenters. The number of rotatable bonds is 11. The zero-order chi connectivity index (χ0) is 21.6. The summed E-state index contributed by atoms with van der Waals surface area (Å²) in [6, 6.07) is 5.10. The van der Waals surface area contributed by atoms with E-state index in [1.54, 1.807) is 30.1 Å². The highest BCUT2D eigenvalue weighted by Gasteiger charge is 2.40. The summed E-state index contributed by atoms with van der Waals surface area (Å²) >= 11 is 0. The van der Waals surface area contributed by atoms with Gasteiger partial charge >= 0.3 is 0 Å². The molecule has 29 heavy (non-hydrogen) atoms. The lowest BCUT2D eigenvalue weighted by Gasteiger charge is -2.20. The molecule has 1 N–H and O–H groups in total. The van der Waals surface area contributed by atoms with Crippen molar-refractivity contribution in [2.45, 2.75) is 26.4 Å². The normalized spacial score (nSPS) is 14.2. The summed E-state index contributed by atoms with van der Waals surface area (Å²) < 4.78 is 16.1. The van der Waals surface area contributed by atoms with Crippen molar-refractivity contribution in [1.82, 2.24) is 9.80 Å². The molecule has 8 heteroatoms. The van der Waals surface area contributed by atoms with E-state index >= 15 is 0 Å². The Labute approximate surface area is 171 Å². The van der Waals surface area contributed by atoms with E-state index in [0.29, 0.717) is 30.1 Å². The van der Waals surface area contributed by atoms with E-state index in [4.69, 9.17) is 14.2 Å². The molecule has 0 aromatic heterocycles. The van der Waals surface area contributed by atoms with Crippen molar-refractivity contribution in [1.29, 1.82) is 0 Å². The molecule has 0 saturated carbocycles. The molecular weight excluding hydrogens is 376 g/mol. The molecule has 1 heterocycles. The van der Waals surface area contributed by atoms with Crippen molar-refractivity contribution in [3.63, 3.8) is 0 Å². The van der Waals surface area contributed by atoms with E-state index < -0.39 is 0 Å². The van der Waals surface area contributed by atoms with Gasteiger partial charge < -0.3 is 24.2 Å². The molecule has 0 aliphatic carbocycles. The number of imide groups is 1. The average Bonchev–Trinajstić information content (AvgIpc) is 2.95. The van der Waals surface area contributed by atoms with E-state index in [9.17, 15) is 14.7 Å². The quantitative estimate of drug-likeness (QED) is 0.440. The first-order valence-corrected chi connectivity index (χ1v) is 9.62. The first-order valence-electron chi connectivity index (χ1n) is 9.62. The fraction of sp³-hybridized carbons (Fsp3) is 0.524. The number of hydrogen-bond donors (Lipinski definition) is 1. The topological polar surface area (TPSA) is 88.5 Å². The molecule has 8 nitrogen and oxygen atoms in total. The molecule has 0 atom stereocenters. The predicted octanol–water partition coefficient (Wildman–Crippen LogP) is 1.52. The van der Waals surface area contributed by atoms with Crippen LogP contribution in [0, 0.1) is 0 Å². The summed E-state index contributed by atoms with van der Waals surface area (Å²) in [5.74, 6) is 0.249. The van der Waals surface area contributed by atoms with Crippen molar-refractivity contribution < 1.29 is 28.9 Å². The van der Waals surface area contributed by atoms with Gasteiger partial charge in [0.15, 0.2) is 11.5 Å². The fourth-order valence-electron chi connectivity index (χ4n) is 3.18. The Morgan fingerprint density at radius 2 is 1.79 bits per heavy atom. The van der Waals surface area contributed by atoms with Crippen molar-refractivity contribution in [3.8, 4) is 11.5 Å². The number of carbonyl (C=O) groups is 2. The first kappa shape index (κ1) is 22.7. The Morgan fingerprint density at radius 1 is 1.10 bits per heavy atom. The SMILES string of the molecule is COc1ccc(C2=C(N(C)CCO)C(=O)N(CCCOC(C)C)C2=O)cc1OC. The van der Waals surface area contributed by atoms with Gasteiger partial charge in [-0.15, -0.1) is 0 Å². The van der Waals surface area contributed by atoms with Crippen LogP contribution >= 0.6 is 0 Å². The Balaban J connectivity index is 2.38. The highest BCUT2D eigenvalue weighted by molar-refractivity contribution is 6.35. The van der Waals surface area contributed by atoms with Crippen molar-refractivity contribution >= 4 is 17.4 Å². The molecule has 0 bridgehead atoms. The smallest absolute Gasteiger partial charge is 0.277 e. The van der Waals surface area contributed by atoms with Crippen LogP contribution in [0.3, 0.4) is 0 Å². The van der Waals surface area contributed by atoms with Crippen LogP contribution < -0.4 is 9.47 Å². The lowest BCUT2D eigenvalue weighted by molar-refractivity contribution is -0.137. The molecule has 1 aromatic carbocycles. The molecule has 0 fully saturated rings. The molecule has 1 aromatic rings. The number of amides is 2. The monoisotopic (exact) mass is 406 g/mol. The van der Waals surface area contributed by atoms with Gasteiger partial charge in [-0.1, -0.05) is 6.07 Å². The number of methoxy groups -OCH3 is 2. The van der Waals surface area contributed by atoms with Crippen molar-refractivity contribution in [2.75, 3.05) is 47.6 Å². The number of aliphatic hydroxyl groups is 1. The van der Waals surface area contributed by atoms with Gasteiger partial charge in [0.05, 0.1) is 32.5 Å². The second kappa shape index (κ2) is 10.3. The lowest BCUT2D eigenvalue weighted by Crippen LogP contribution is -2.36. The van der Waals surface area contributed by atoms with Crippen LogP contribution in [-0.2, 0) is 14.3 Å². The number of ether oxygens (including phenoxy) is 3. The van der Waals surface area contributed by atoms with Gasteiger partial charge in [-0.2, -0.15) is 0 Å². The van der Waals surface area contributed by atoms with Crippen molar-refractivity contribution in [2.24, 2.45) is 0 Å².